The summed E-state index contributed by atoms with van der Waals surface area (Å²) in [7, 11) is 0. The van der Waals surface area contributed by atoms with E-state index in [4.69, 9.17) is 4.74 Å². The molecule has 1 aromatic rings. The van der Waals surface area contributed by atoms with Crippen molar-refractivity contribution in [2.75, 3.05) is 19.6 Å². The molecule has 1 saturated carbocycles. The lowest BCUT2D eigenvalue weighted by Crippen LogP contribution is -2.58. The zero-order valence-corrected chi connectivity index (χ0v) is 15.6. The van der Waals surface area contributed by atoms with Crippen LogP contribution < -0.4 is 4.74 Å². The van der Waals surface area contributed by atoms with Crippen molar-refractivity contribution >= 4 is 27.9 Å². The molecule has 0 radical (unpaired) electrons. The smallest absolute Gasteiger partial charge is 0.410 e. The van der Waals surface area contributed by atoms with Crippen LogP contribution in [0.25, 0.3) is 0 Å². The van der Waals surface area contributed by atoms with E-state index >= 15 is 0 Å². The Morgan fingerprint density at radius 1 is 1.27 bits per heavy atom. The minimum absolute atomic E-state index is 0.0609. The highest BCUT2D eigenvalue weighted by molar-refractivity contribution is 9.10. The molecule has 1 atom stereocenters. The van der Waals surface area contributed by atoms with E-state index in [1.54, 1.807) is 31.2 Å². The lowest BCUT2D eigenvalue weighted by Gasteiger charge is -2.41. The highest BCUT2D eigenvalue weighted by Gasteiger charge is 2.69. The second-order valence-corrected chi connectivity index (χ2v) is 7.61. The molecular formula is C17H18BrF3N2O3. The largest absolute Gasteiger partial charge is 0.415 e. The summed E-state index contributed by atoms with van der Waals surface area (Å²) in [5, 5.41) is 0. The monoisotopic (exact) mass is 434 g/mol. The molecule has 2 amide bonds. The first kappa shape index (κ1) is 19.0. The molecule has 1 unspecified atom stereocenters. The van der Waals surface area contributed by atoms with Crippen LogP contribution in [0.4, 0.5) is 18.0 Å². The maximum atomic E-state index is 13.2. The fraction of sp³-hybridized carbons (Fsp3) is 0.529. The number of rotatable bonds is 2. The normalized spacial score (nSPS) is 22.1. The molecule has 1 aromatic carbocycles. The van der Waals surface area contributed by atoms with E-state index in [0.29, 0.717) is 5.75 Å². The van der Waals surface area contributed by atoms with Gasteiger partial charge in [0, 0.05) is 30.1 Å². The van der Waals surface area contributed by atoms with E-state index < -0.39 is 29.6 Å². The third kappa shape index (κ3) is 3.54. The number of amides is 2. The average Bonchev–Trinajstić information content (AvgIpc) is 3.35. The Morgan fingerprint density at radius 3 is 2.50 bits per heavy atom. The first-order valence-electron chi connectivity index (χ1n) is 8.24. The predicted octanol–water partition coefficient (Wildman–Crippen LogP) is 3.82. The predicted molar refractivity (Wildman–Crippen MR) is 90.6 cm³/mol. The van der Waals surface area contributed by atoms with Gasteiger partial charge in [-0.05, 0) is 38.0 Å². The third-order valence-corrected chi connectivity index (χ3v) is 5.34. The van der Waals surface area contributed by atoms with Crippen molar-refractivity contribution in [3.05, 3.63) is 28.7 Å². The van der Waals surface area contributed by atoms with Gasteiger partial charge in [0.05, 0.1) is 0 Å². The van der Waals surface area contributed by atoms with Gasteiger partial charge in [0.2, 0.25) is 5.91 Å². The van der Waals surface area contributed by atoms with Crippen LogP contribution in [0.15, 0.2) is 28.7 Å². The van der Waals surface area contributed by atoms with Crippen LogP contribution >= 0.6 is 15.9 Å². The molecule has 0 N–H and O–H groups in total. The average molecular weight is 435 g/mol. The Kier molecular flexibility index (Phi) is 4.94. The van der Waals surface area contributed by atoms with Gasteiger partial charge >= 0.3 is 12.3 Å². The Labute approximate surface area is 157 Å². The van der Waals surface area contributed by atoms with Gasteiger partial charge in [-0.15, -0.1) is 0 Å². The molecule has 1 aliphatic heterocycles. The van der Waals surface area contributed by atoms with Crippen LogP contribution in [-0.4, -0.2) is 53.7 Å². The fourth-order valence-electron chi connectivity index (χ4n) is 3.14. The summed E-state index contributed by atoms with van der Waals surface area (Å²) in [6, 6.07) is 6.27. The molecule has 1 saturated heterocycles. The number of alkyl halides is 3. The van der Waals surface area contributed by atoms with Gasteiger partial charge in [-0.2, -0.15) is 13.2 Å². The van der Waals surface area contributed by atoms with Crippen LogP contribution in [0.1, 0.15) is 19.8 Å². The van der Waals surface area contributed by atoms with Gasteiger partial charge in [-0.3, -0.25) is 4.79 Å². The topological polar surface area (TPSA) is 49.9 Å². The number of carbonyl (C=O) groups excluding carboxylic acids is 2. The molecule has 2 aliphatic rings. The zero-order chi connectivity index (χ0) is 19.1. The van der Waals surface area contributed by atoms with Gasteiger partial charge in [0.15, 0.2) is 0 Å². The summed E-state index contributed by atoms with van der Waals surface area (Å²) in [5.74, 6) is -0.512. The van der Waals surface area contributed by atoms with Gasteiger partial charge in [0.1, 0.15) is 11.2 Å². The molecule has 1 aliphatic carbocycles. The molecule has 1 heterocycles. The van der Waals surface area contributed by atoms with Crippen molar-refractivity contribution in [2.24, 2.45) is 5.41 Å². The Hall–Kier alpha value is -1.77. The van der Waals surface area contributed by atoms with Crippen molar-refractivity contribution < 1.29 is 27.5 Å². The molecule has 5 nitrogen and oxygen atoms in total. The standard InChI is InChI=1S/C17H18BrF3N2O3/c1-11-10-22(15(25)26-13-4-2-3-12(18)9-13)7-8-23(11)14(24)16(5-6-16)17(19,20)21/h2-4,9,11H,5-8,10H2,1H3. The van der Waals surface area contributed by atoms with Crippen LogP contribution in [0.5, 0.6) is 5.75 Å². The van der Waals surface area contributed by atoms with Gasteiger partial charge in [-0.25, -0.2) is 4.79 Å². The molecule has 3 rings (SSSR count). The number of hydrogen-bond donors (Lipinski definition) is 0. The van der Waals surface area contributed by atoms with Gasteiger partial charge < -0.3 is 14.5 Å². The van der Waals surface area contributed by atoms with Crippen LogP contribution in [0.3, 0.4) is 0 Å². The number of ether oxygens (including phenoxy) is 1. The zero-order valence-electron chi connectivity index (χ0n) is 14.1. The number of halogens is 4. The van der Waals surface area contributed by atoms with Crippen molar-refractivity contribution in [3.63, 3.8) is 0 Å². The molecule has 26 heavy (non-hydrogen) atoms. The van der Waals surface area contributed by atoms with Crippen LogP contribution in [0, 0.1) is 5.41 Å². The molecule has 0 bridgehead atoms. The minimum Gasteiger partial charge on any atom is -0.410 e. The summed E-state index contributed by atoms with van der Waals surface area (Å²) in [6.45, 7) is 1.97. The molecule has 142 valence electrons. The maximum absolute atomic E-state index is 13.2. The Morgan fingerprint density at radius 2 is 1.96 bits per heavy atom. The van der Waals surface area contributed by atoms with Crippen molar-refractivity contribution in [3.8, 4) is 5.75 Å². The highest BCUT2D eigenvalue weighted by Crippen LogP contribution is 2.58. The quantitative estimate of drug-likeness (QED) is 0.710. The Balaban J connectivity index is 1.62. The molecule has 9 heteroatoms. The summed E-state index contributed by atoms with van der Waals surface area (Å²) in [4.78, 5) is 27.3. The van der Waals surface area contributed by atoms with E-state index in [1.807, 2.05) is 0 Å². The van der Waals surface area contributed by atoms with Crippen LogP contribution in [0.2, 0.25) is 0 Å². The van der Waals surface area contributed by atoms with E-state index in [9.17, 15) is 22.8 Å². The van der Waals surface area contributed by atoms with Crippen molar-refractivity contribution in [2.45, 2.75) is 32.0 Å². The Bertz CT molecular complexity index is 721. The van der Waals surface area contributed by atoms with E-state index in [2.05, 4.69) is 15.9 Å². The summed E-state index contributed by atoms with van der Waals surface area (Å²) in [5.41, 5.74) is -2.22. The summed E-state index contributed by atoms with van der Waals surface area (Å²) < 4.78 is 45.6. The number of hydrogen-bond acceptors (Lipinski definition) is 3. The lowest BCUT2D eigenvalue weighted by molar-refractivity contribution is -0.200. The number of piperazine rings is 1. The second-order valence-electron chi connectivity index (χ2n) is 6.70. The number of benzene rings is 1. The maximum Gasteiger partial charge on any atom is 0.415 e. The minimum atomic E-state index is -4.53. The molecular weight excluding hydrogens is 417 g/mol. The SMILES string of the molecule is CC1CN(C(=O)Oc2cccc(Br)c2)CCN1C(=O)C1(C(F)(F)F)CC1. The van der Waals surface area contributed by atoms with Crippen molar-refractivity contribution in [1.29, 1.82) is 0 Å². The highest BCUT2D eigenvalue weighted by atomic mass is 79.9. The van der Waals surface area contributed by atoms with E-state index in [0.717, 1.165) is 4.47 Å². The summed E-state index contributed by atoms with van der Waals surface area (Å²) >= 11 is 3.28. The van der Waals surface area contributed by atoms with Gasteiger partial charge in [0.25, 0.3) is 0 Å². The third-order valence-electron chi connectivity index (χ3n) is 4.85. The first-order chi connectivity index (χ1) is 12.1. The second kappa shape index (κ2) is 6.75. The van der Waals surface area contributed by atoms with Gasteiger partial charge in [-0.1, -0.05) is 22.0 Å². The number of nitrogens with zero attached hydrogens (tertiary/aromatic N) is 2. The molecule has 0 aromatic heterocycles. The number of carbonyl (C=O) groups is 2. The van der Waals surface area contributed by atoms with E-state index in [-0.39, 0.29) is 32.5 Å². The summed E-state index contributed by atoms with van der Waals surface area (Å²) in [6.07, 6.45) is -5.43. The first-order valence-corrected chi connectivity index (χ1v) is 9.03. The van der Waals surface area contributed by atoms with Crippen molar-refractivity contribution in [1.82, 2.24) is 9.80 Å². The van der Waals surface area contributed by atoms with E-state index in [1.165, 1.54) is 9.80 Å². The molecule has 2 fully saturated rings. The fourth-order valence-corrected chi connectivity index (χ4v) is 3.52. The van der Waals surface area contributed by atoms with Crippen LogP contribution in [-0.2, 0) is 4.79 Å². The lowest BCUT2D eigenvalue weighted by atomic mass is 10.0. The molecule has 0 spiro atoms.